The molecule has 1 amide bonds. The fraction of sp³-hybridized carbons (Fsp3) is 0.500. The largest absolute Gasteiger partial charge is 0.352 e. The lowest BCUT2D eigenvalue weighted by Gasteiger charge is -2.21. The Morgan fingerprint density at radius 1 is 1.35 bits per heavy atom. The first kappa shape index (κ1) is 19.0. The van der Waals surface area contributed by atoms with Crippen LogP contribution in [-0.2, 0) is 14.8 Å². The Labute approximate surface area is 135 Å². The zero-order valence-corrected chi connectivity index (χ0v) is 14.3. The predicted octanol–water partition coefficient (Wildman–Crippen LogP) is 1.38. The van der Waals surface area contributed by atoms with E-state index in [9.17, 15) is 23.3 Å². The van der Waals surface area contributed by atoms with Crippen LogP contribution in [0.5, 0.6) is 0 Å². The van der Waals surface area contributed by atoms with Gasteiger partial charge < -0.3 is 5.32 Å². The lowest BCUT2D eigenvalue weighted by Crippen LogP contribution is -2.43. The predicted molar refractivity (Wildman–Crippen MR) is 85.4 cm³/mol. The van der Waals surface area contributed by atoms with E-state index < -0.39 is 20.9 Å². The summed E-state index contributed by atoms with van der Waals surface area (Å²) < 4.78 is 25.6. The summed E-state index contributed by atoms with van der Waals surface area (Å²) in [5, 5.41) is 13.5. The van der Waals surface area contributed by atoms with E-state index in [1.165, 1.54) is 25.2 Å². The van der Waals surface area contributed by atoms with Crippen LogP contribution in [0.1, 0.15) is 20.8 Å². The van der Waals surface area contributed by atoms with Crippen molar-refractivity contribution in [2.45, 2.75) is 31.7 Å². The Morgan fingerprint density at radius 2 is 1.96 bits per heavy atom. The van der Waals surface area contributed by atoms with Crippen molar-refractivity contribution in [3.05, 3.63) is 34.4 Å². The number of non-ortho nitro benzene ring substituents is 1. The molecule has 0 spiro atoms. The summed E-state index contributed by atoms with van der Waals surface area (Å²) >= 11 is 0. The monoisotopic (exact) mass is 343 g/mol. The molecule has 1 aromatic carbocycles. The molecule has 0 aliphatic carbocycles. The summed E-state index contributed by atoms with van der Waals surface area (Å²) in [5.74, 6) is -0.208. The molecule has 1 unspecified atom stereocenters. The third-order valence-corrected chi connectivity index (χ3v) is 5.29. The second-order valence-corrected chi connectivity index (χ2v) is 7.66. The number of rotatable bonds is 7. The lowest BCUT2D eigenvalue weighted by atomic mass is 10.1. The van der Waals surface area contributed by atoms with Gasteiger partial charge in [-0.25, -0.2) is 8.42 Å². The van der Waals surface area contributed by atoms with Gasteiger partial charge in [0, 0.05) is 25.2 Å². The van der Waals surface area contributed by atoms with Gasteiger partial charge in [-0.05, 0) is 18.9 Å². The van der Waals surface area contributed by atoms with Gasteiger partial charge in [0.25, 0.3) is 5.69 Å². The first-order valence-electron chi connectivity index (χ1n) is 7.06. The summed E-state index contributed by atoms with van der Waals surface area (Å²) in [6.45, 7) is 5.35. The number of carbonyl (C=O) groups excluding carboxylic acids is 1. The number of sulfonamides is 1. The molecule has 0 aliphatic heterocycles. The molecule has 0 saturated heterocycles. The minimum atomic E-state index is -3.98. The number of benzene rings is 1. The van der Waals surface area contributed by atoms with Crippen molar-refractivity contribution in [2.24, 2.45) is 5.92 Å². The summed E-state index contributed by atoms with van der Waals surface area (Å²) in [6, 6.07) is 4.64. The smallest absolute Gasteiger partial charge is 0.270 e. The molecule has 9 heteroatoms. The number of likely N-dealkylation sites (N-methyl/N-ethyl adjacent to an activating group) is 1. The average Bonchev–Trinajstić information content (AvgIpc) is 2.46. The van der Waals surface area contributed by atoms with Gasteiger partial charge in [0.15, 0.2) is 0 Å². The number of hydrogen-bond donors (Lipinski definition) is 1. The Hall–Kier alpha value is -2.00. The van der Waals surface area contributed by atoms with Gasteiger partial charge in [-0.1, -0.05) is 19.9 Å². The van der Waals surface area contributed by atoms with Crippen LogP contribution in [0.3, 0.4) is 0 Å². The van der Waals surface area contributed by atoms with Crippen molar-refractivity contribution in [1.29, 1.82) is 0 Å². The fourth-order valence-corrected chi connectivity index (χ4v) is 2.86. The molecular weight excluding hydrogens is 322 g/mol. The van der Waals surface area contributed by atoms with Crippen LogP contribution >= 0.6 is 0 Å². The maximum absolute atomic E-state index is 12.4. The number of nitro benzene ring substituents is 1. The molecule has 1 N–H and O–H groups in total. The molecule has 1 atom stereocenters. The first-order chi connectivity index (χ1) is 10.6. The van der Waals surface area contributed by atoms with E-state index in [1.807, 2.05) is 20.8 Å². The topological polar surface area (TPSA) is 110 Å². The second kappa shape index (κ2) is 7.51. The highest BCUT2D eigenvalue weighted by molar-refractivity contribution is 7.89. The second-order valence-electron chi connectivity index (χ2n) is 5.62. The Morgan fingerprint density at radius 3 is 2.48 bits per heavy atom. The van der Waals surface area contributed by atoms with Crippen molar-refractivity contribution in [2.75, 3.05) is 13.6 Å². The molecule has 0 bridgehead atoms. The molecule has 0 saturated carbocycles. The quantitative estimate of drug-likeness (QED) is 0.594. The summed E-state index contributed by atoms with van der Waals surface area (Å²) in [7, 11) is -2.72. The van der Waals surface area contributed by atoms with Crippen LogP contribution in [-0.4, -0.2) is 43.2 Å². The van der Waals surface area contributed by atoms with E-state index in [1.54, 1.807) is 0 Å². The van der Waals surface area contributed by atoms with Gasteiger partial charge >= 0.3 is 0 Å². The van der Waals surface area contributed by atoms with Gasteiger partial charge in [-0.2, -0.15) is 4.31 Å². The van der Waals surface area contributed by atoms with Gasteiger partial charge in [-0.15, -0.1) is 0 Å². The van der Waals surface area contributed by atoms with Crippen molar-refractivity contribution >= 4 is 21.6 Å². The van der Waals surface area contributed by atoms with Crippen molar-refractivity contribution in [3.8, 4) is 0 Å². The number of carbonyl (C=O) groups is 1. The van der Waals surface area contributed by atoms with Crippen LogP contribution in [0, 0.1) is 16.0 Å². The summed E-state index contributed by atoms with van der Waals surface area (Å²) in [5.41, 5.74) is -0.322. The number of nitro groups is 1. The highest BCUT2D eigenvalue weighted by Gasteiger charge is 2.25. The standard InChI is InChI=1S/C14H21N3O5S/c1-10(2)11(3)15-14(18)9-16(4)23(21,22)13-7-5-6-12(8-13)17(19)20/h5-8,10-11H,9H2,1-4H3,(H,15,18). The van der Waals surface area contributed by atoms with Crippen LogP contribution in [0.15, 0.2) is 29.2 Å². The molecule has 0 radical (unpaired) electrons. The minimum Gasteiger partial charge on any atom is -0.352 e. The van der Waals surface area contributed by atoms with E-state index in [-0.39, 0.29) is 29.1 Å². The number of nitrogens with one attached hydrogen (secondary N) is 1. The molecule has 128 valence electrons. The van der Waals surface area contributed by atoms with Gasteiger partial charge in [0.05, 0.1) is 16.4 Å². The van der Waals surface area contributed by atoms with Gasteiger partial charge in [-0.3, -0.25) is 14.9 Å². The number of hydrogen-bond acceptors (Lipinski definition) is 5. The van der Waals surface area contributed by atoms with E-state index in [4.69, 9.17) is 0 Å². The van der Waals surface area contributed by atoms with E-state index in [0.29, 0.717) is 0 Å². The van der Waals surface area contributed by atoms with Crippen molar-refractivity contribution in [3.63, 3.8) is 0 Å². The Balaban J connectivity index is 2.89. The fourth-order valence-electron chi connectivity index (χ4n) is 1.69. The third-order valence-electron chi connectivity index (χ3n) is 3.49. The van der Waals surface area contributed by atoms with Crippen molar-refractivity contribution < 1.29 is 18.1 Å². The molecule has 0 heterocycles. The minimum absolute atomic E-state index is 0.0867. The van der Waals surface area contributed by atoms with E-state index >= 15 is 0 Å². The molecule has 0 fully saturated rings. The first-order valence-corrected chi connectivity index (χ1v) is 8.50. The van der Waals surface area contributed by atoms with Crippen LogP contribution < -0.4 is 5.32 Å². The molecule has 0 aliphatic rings. The maximum Gasteiger partial charge on any atom is 0.270 e. The van der Waals surface area contributed by atoms with Crippen molar-refractivity contribution in [1.82, 2.24) is 9.62 Å². The third kappa shape index (κ3) is 5.00. The zero-order chi connectivity index (χ0) is 17.8. The number of nitrogens with zero attached hydrogens (tertiary/aromatic N) is 2. The van der Waals surface area contributed by atoms with E-state index in [2.05, 4.69) is 5.32 Å². The molecule has 0 aromatic heterocycles. The highest BCUT2D eigenvalue weighted by Crippen LogP contribution is 2.20. The van der Waals surface area contributed by atoms with Crippen LogP contribution in [0.25, 0.3) is 0 Å². The Bertz CT molecular complexity index is 687. The SMILES string of the molecule is CC(C)C(C)NC(=O)CN(C)S(=O)(=O)c1cccc([N+](=O)[O-])c1. The van der Waals surface area contributed by atoms with Gasteiger partial charge in [0.2, 0.25) is 15.9 Å². The Kier molecular flexibility index (Phi) is 6.22. The normalized spacial score (nSPS) is 13.1. The maximum atomic E-state index is 12.4. The molecule has 1 rings (SSSR count). The number of amides is 1. The molecule has 23 heavy (non-hydrogen) atoms. The molecular formula is C14H21N3O5S. The lowest BCUT2D eigenvalue weighted by molar-refractivity contribution is -0.385. The zero-order valence-electron chi connectivity index (χ0n) is 13.5. The van der Waals surface area contributed by atoms with Crippen LogP contribution in [0.4, 0.5) is 5.69 Å². The summed E-state index contributed by atoms with van der Waals surface area (Å²) in [6.07, 6.45) is 0. The molecule has 8 nitrogen and oxygen atoms in total. The molecule has 1 aromatic rings. The summed E-state index contributed by atoms with van der Waals surface area (Å²) in [4.78, 5) is 21.7. The van der Waals surface area contributed by atoms with E-state index in [0.717, 1.165) is 10.4 Å². The highest BCUT2D eigenvalue weighted by atomic mass is 32.2. The van der Waals surface area contributed by atoms with Crippen LogP contribution in [0.2, 0.25) is 0 Å². The van der Waals surface area contributed by atoms with Gasteiger partial charge in [0.1, 0.15) is 0 Å². The average molecular weight is 343 g/mol.